The molecule has 0 radical (unpaired) electrons. The van der Waals surface area contributed by atoms with Gasteiger partial charge in [-0.05, 0) is 96.3 Å². The number of unbranched alkanes of at least 4 members (excludes halogenated alkanes) is 24. The predicted molar refractivity (Wildman–Crippen MR) is 279 cm³/mol. The molecule has 0 saturated heterocycles. The average Bonchev–Trinajstić information content (AvgIpc) is 3.30. The van der Waals surface area contributed by atoms with Crippen LogP contribution in [0.15, 0.2) is 97.2 Å². The molecule has 0 aliphatic heterocycles. The first-order valence-electron chi connectivity index (χ1n) is 26.8. The van der Waals surface area contributed by atoms with Gasteiger partial charge in [0.25, 0.3) is 0 Å². The Morgan fingerprint density at radius 3 is 1.12 bits per heavy atom. The van der Waals surface area contributed by atoms with Gasteiger partial charge < -0.3 is 14.2 Å². The van der Waals surface area contributed by atoms with Crippen LogP contribution in [0.1, 0.15) is 239 Å². The summed E-state index contributed by atoms with van der Waals surface area (Å²) in [5.74, 6) is -0.956. The van der Waals surface area contributed by atoms with Crippen LogP contribution in [0, 0.1) is 0 Å². The summed E-state index contributed by atoms with van der Waals surface area (Å²) >= 11 is 0. The van der Waals surface area contributed by atoms with Gasteiger partial charge in [0, 0.05) is 19.3 Å². The van der Waals surface area contributed by atoms with E-state index in [0.29, 0.717) is 19.3 Å². The zero-order valence-electron chi connectivity index (χ0n) is 42.2. The minimum Gasteiger partial charge on any atom is -0.462 e. The molecule has 0 bridgehead atoms. The summed E-state index contributed by atoms with van der Waals surface area (Å²) in [6.45, 7) is 6.41. The van der Waals surface area contributed by atoms with Crippen molar-refractivity contribution in [1.82, 2.24) is 0 Å². The third-order valence-electron chi connectivity index (χ3n) is 11.2. The molecule has 1 unspecified atom stereocenters. The van der Waals surface area contributed by atoms with E-state index in [1.807, 2.05) is 48.6 Å². The Morgan fingerprint density at radius 2 is 0.662 bits per heavy atom. The molecule has 0 aromatic heterocycles. The fourth-order valence-electron chi connectivity index (χ4n) is 7.13. The Bertz CT molecular complexity index is 1310. The SMILES string of the molecule is CC\C=C/C=C\C=C/C=C\C=C/CCCCCC(=O)OC(COC(=O)CCCCCCCCC/C=C\C/C=C\CCCCC)COC(=O)CCCCCCCCC/C=C\CCCCCC. The lowest BCUT2D eigenvalue weighted by molar-refractivity contribution is -0.167. The van der Waals surface area contributed by atoms with Gasteiger partial charge in [0.15, 0.2) is 6.10 Å². The molecule has 0 spiro atoms. The van der Waals surface area contributed by atoms with Crippen molar-refractivity contribution in [3.63, 3.8) is 0 Å². The smallest absolute Gasteiger partial charge is 0.306 e. The van der Waals surface area contributed by atoms with Gasteiger partial charge in [-0.3, -0.25) is 14.4 Å². The third-order valence-corrected chi connectivity index (χ3v) is 11.2. The van der Waals surface area contributed by atoms with Crippen LogP contribution >= 0.6 is 0 Å². The van der Waals surface area contributed by atoms with Gasteiger partial charge in [0.2, 0.25) is 0 Å². The summed E-state index contributed by atoms with van der Waals surface area (Å²) in [6, 6.07) is 0. The van der Waals surface area contributed by atoms with Crippen molar-refractivity contribution < 1.29 is 28.6 Å². The lowest BCUT2D eigenvalue weighted by atomic mass is 10.1. The summed E-state index contributed by atoms with van der Waals surface area (Å²) in [5.41, 5.74) is 0. The van der Waals surface area contributed by atoms with Crippen LogP contribution in [-0.4, -0.2) is 37.2 Å². The number of allylic oxidation sites excluding steroid dienone is 16. The molecule has 0 aliphatic rings. The predicted octanol–water partition coefficient (Wildman–Crippen LogP) is 17.8. The second-order valence-electron chi connectivity index (χ2n) is 17.5. The summed E-state index contributed by atoms with van der Waals surface area (Å²) in [5, 5.41) is 0. The molecule has 370 valence electrons. The van der Waals surface area contributed by atoms with Crippen molar-refractivity contribution in [2.24, 2.45) is 0 Å². The van der Waals surface area contributed by atoms with Crippen LogP contribution in [0.3, 0.4) is 0 Å². The fraction of sp³-hybridized carbons (Fsp3) is 0.678. The molecule has 0 heterocycles. The maximum absolute atomic E-state index is 12.8. The molecule has 0 N–H and O–H groups in total. The molecular formula is C59H98O6. The second kappa shape index (κ2) is 52.9. The van der Waals surface area contributed by atoms with Crippen molar-refractivity contribution in [2.75, 3.05) is 13.2 Å². The van der Waals surface area contributed by atoms with Gasteiger partial charge in [0.1, 0.15) is 13.2 Å². The summed E-state index contributed by atoms with van der Waals surface area (Å²) in [4.78, 5) is 38.0. The number of esters is 3. The molecule has 0 saturated carbocycles. The molecule has 0 amide bonds. The van der Waals surface area contributed by atoms with Crippen LogP contribution < -0.4 is 0 Å². The Morgan fingerprint density at radius 1 is 0.338 bits per heavy atom. The van der Waals surface area contributed by atoms with Crippen LogP contribution in [0.2, 0.25) is 0 Å². The quantitative estimate of drug-likeness (QED) is 0.0199. The van der Waals surface area contributed by atoms with Gasteiger partial charge >= 0.3 is 17.9 Å². The number of hydrogen-bond donors (Lipinski definition) is 0. The van der Waals surface area contributed by atoms with Crippen LogP contribution in [-0.2, 0) is 28.6 Å². The molecule has 0 aromatic carbocycles. The highest BCUT2D eigenvalue weighted by Gasteiger charge is 2.19. The van der Waals surface area contributed by atoms with Gasteiger partial charge in [-0.15, -0.1) is 0 Å². The Labute approximate surface area is 400 Å². The molecule has 0 fully saturated rings. The third kappa shape index (κ3) is 51.2. The molecule has 1 atom stereocenters. The maximum Gasteiger partial charge on any atom is 0.306 e. The first-order chi connectivity index (χ1) is 32.0. The normalized spacial score (nSPS) is 12.8. The fourth-order valence-corrected chi connectivity index (χ4v) is 7.13. The Balaban J connectivity index is 4.48. The molecular weight excluding hydrogens is 805 g/mol. The molecule has 0 rings (SSSR count). The molecule has 0 aliphatic carbocycles. The standard InChI is InChI=1S/C59H98O6/c1-4-7-10-13-16-19-22-25-28-29-32-34-37-40-43-46-49-52-58(61)64-55-56(65-59(62)53-50-47-44-41-38-35-31-27-24-21-18-15-12-9-6-3)54-63-57(60)51-48-45-42-39-36-33-30-26-23-20-17-14-11-8-5-2/h9,12,15-16,18-21,23-25,27-28,31,35,38,56H,4-8,10-11,13-14,17,22,26,29-30,32-34,36-37,39-55H2,1-3H3/b12-9-,18-15-,19-16-,23-20-,24-21-,28-25-,31-27-,38-35-. The molecule has 6 heteroatoms. The monoisotopic (exact) mass is 903 g/mol. The Kier molecular flexibility index (Phi) is 50.0. The first-order valence-corrected chi connectivity index (χ1v) is 26.8. The lowest BCUT2D eigenvalue weighted by Crippen LogP contribution is -2.30. The number of rotatable bonds is 47. The maximum atomic E-state index is 12.8. The first kappa shape index (κ1) is 61.3. The molecule has 6 nitrogen and oxygen atoms in total. The van der Waals surface area contributed by atoms with Gasteiger partial charge in [-0.2, -0.15) is 0 Å². The van der Waals surface area contributed by atoms with E-state index >= 15 is 0 Å². The van der Waals surface area contributed by atoms with E-state index in [0.717, 1.165) is 77.0 Å². The van der Waals surface area contributed by atoms with Crippen LogP contribution in [0.25, 0.3) is 0 Å². The van der Waals surface area contributed by atoms with Crippen molar-refractivity contribution in [3.8, 4) is 0 Å². The van der Waals surface area contributed by atoms with E-state index < -0.39 is 6.10 Å². The van der Waals surface area contributed by atoms with Gasteiger partial charge in [-0.25, -0.2) is 0 Å². The lowest BCUT2D eigenvalue weighted by Gasteiger charge is -2.18. The average molecular weight is 903 g/mol. The van der Waals surface area contributed by atoms with Crippen molar-refractivity contribution in [1.29, 1.82) is 0 Å². The summed E-state index contributed by atoms with van der Waals surface area (Å²) < 4.78 is 16.8. The van der Waals surface area contributed by atoms with Crippen LogP contribution in [0.4, 0.5) is 0 Å². The number of hydrogen-bond acceptors (Lipinski definition) is 6. The Hall–Kier alpha value is -3.67. The number of carbonyl (C=O) groups is 3. The van der Waals surface area contributed by atoms with Gasteiger partial charge in [0.05, 0.1) is 0 Å². The minimum atomic E-state index is -0.805. The van der Waals surface area contributed by atoms with Crippen molar-refractivity contribution >= 4 is 17.9 Å². The van der Waals surface area contributed by atoms with Crippen molar-refractivity contribution in [2.45, 2.75) is 245 Å². The summed E-state index contributed by atoms with van der Waals surface area (Å²) in [6.07, 6.45) is 69.6. The van der Waals surface area contributed by atoms with Crippen molar-refractivity contribution in [3.05, 3.63) is 97.2 Å². The number of ether oxygens (including phenoxy) is 3. The van der Waals surface area contributed by atoms with E-state index in [-0.39, 0.29) is 37.5 Å². The molecule has 0 aromatic rings. The van der Waals surface area contributed by atoms with E-state index in [2.05, 4.69) is 69.4 Å². The van der Waals surface area contributed by atoms with E-state index in [1.54, 1.807) is 0 Å². The highest BCUT2D eigenvalue weighted by Crippen LogP contribution is 2.14. The topological polar surface area (TPSA) is 78.9 Å². The molecule has 65 heavy (non-hydrogen) atoms. The summed E-state index contributed by atoms with van der Waals surface area (Å²) in [7, 11) is 0. The highest BCUT2D eigenvalue weighted by atomic mass is 16.6. The van der Waals surface area contributed by atoms with E-state index in [4.69, 9.17) is 14.2 Å². The minimum absolute atomic E-state index is 0.100. The number of carbonyl (C=O) groups excluding carboxylic acids is 3. The largest absolute Gasteiger partial charge is 0.462 e. The van der Waals surface area contributed by atoms with Gasteiger partial charge in [-0.1, -0.05) is 221 Å². The van der Waals surface area contributed by atoms with Crippen LogP contribution in [0.5, 0.6) is 0 Å². The zero-order chi connectivity index (χ0) is 47.2. The van der Waals surface area contributed by atoms with E-state index in [9.17, 15) is 14.4 Å². The second-order valence-corrected chi connectivity index (χ2v) is 17.5. The zero-order valence-corrected chi connectivity index (χ0v) is 42.2. The van der Waals surface area contributed by atoms with E-state index in [1.165, 1.54) is 116 Å². The highest BCUT2D eigenvalue weighted by molar-refractivity contribution is 5.71.